The van der Waals surface area contributed by atoms with Gasteiger partial charge in [-0.1, -0.05) is 0 Å². The number of sulfonamides is 1. The molecule has 1 saturated heterocycles. The van der Waals surface area contributed by atoms with Gasteiger partial charge in [0.1, 0.15) is 11.5 Å². The molecule has 0 unspecified atom stereocenters. The smallest absolute Gasteiger partial charge is 0.338 e. The number of ketones is 1. The van der Waals surface area contributed by atoms with Crippen LogP contribution in [0.25, 0.3) is 0 Å². The topological polar surface area (TPSA) is 108 Å². The third-order valence-electron chi connectivity index (χ3n) is 4.74. The highest BCUT2D eigenvalue weighted by Crippen LogP contribution is 2.25. The number of rotatable bonds is 8. The van der Waals surface area contributed by atoms with Gasteiger partial charge in [0.15, 0.2) is 6.61 Å². The molecule has 10 heteroatoms. The SMILES string of the molecule is COc1ccc(C(=O)COC(=O)c2ccc(S(=O)(=O)N3CCOCC3)cc2)c(OC)c1. The number of carbonyl (C=O) groups is 2. The number of hydrogen-bond acceptors (Lipinski definition) is 8. The number of esters is 1. The summed E-state index contributed by atoms with van der Waals surface area (Å²) in [6.45, 7) is 0.759. The van der Waals surface area contributed by atoms with Crippen LogP contribution in [0.15, 0.2) is 47.4 Å². The molecule has 31 heavy (non-hydrogen) atoms. The summed E-state index contributed by atoms with van der Waals surface area (Å²) in [5, 5.41) is 0. The molecule has 0 aromatic heterocycles. The second-order valence-corrected chi connectivity index (χ2v) is 8.54. The highest BCUT2D eigenvalue weighted by atomic mass is 32.2. The van der Waals surface area contributed by atoms with E-state index in [1.807, 2.05) is 0 Å². The summed E-state index contributed by atoms with van der Waals surface area (Å²) >= 11 is 0. The molecule has 0 atom stereocenters. The molecule has 2 aromatic carbocycles. The lowest BCUT2D eigenvalue weighted by Gasteiger charge is -2.26. The maximum atomic E-state index is 12.6. The van der Waals surface area contributed by atoms with Crippen molar-refractivity contribution in [1.29, 1.82) is 0 Å². The molecule has 0 bridgehead atoms. The molecule has 1 aliphatic heterocycles. The van der Waals surface area contributed by atoms with Crippen molar-refractivity contribution in [3.63, 3.8) is 0 Å². The lowest BCUT2D eigenvalue weighted by Crippen LogP contribution is -2.40. The van der Waals surface area contributed by atoms with E-state index in [-0.39, 0.29) is 29.1 Å². The lowest BCUT2D eigenvalue weighted by molar-refractivity contribution is 0.0474. The van der Waals surface area contributed by atoms with E-state index in [0.29, 0.717) is 24.7 Å². The lowest BCUT2D eigenvalue weighted by atomic mass is 10.1. The van der Waals surface area contributed by atoms with Crippen LogP contribution < -0.4 is 9.47 Å². The predicted molar refractivity (Wildman–Crippen MR) is 110 cm³/mol. The van der Waals surface area contributed by atoms with Crippen LogP contribution in [-0.2, 0) is 19.5 Å². The highest BCUT2D eigenvalue weighted by Gasteiger charge is 2.26. The quantitative estimate of drug-likeness (QED) is 0.443. The van der Waals surface area contributed by atoms with E-state index in [1.54, 1.807) is 12.1 Å². The van der Waals surface area contributed by atoms with Crippen molar-refractivity contribution in [2.75, 3.05) is 47.1 Å². The van der Waals surface area contributed by atoms with Crippen LogP contribution in [0, 0.1) is 0 Å². The molecule has 2 aromatic rings. The maximum Gasteiger partial charge on any atom is 0.338 e. The number of methoxy groups -OCH3 is 2. The van der Waals surface area contributed by atoms with Crippen molar-refractivity contribution in [2.45, 2.75) is 4.90 Å². The van der Waals surface area contributed by atoms with E-state index < -0.39 is 28.4 Å². The van der Waals surface area contributed by atoms with Gasteiger partial charge in [-0.05, 0) is 36.4 Å². The molecule has 0 N–H and O–H groups in total. The first-order chi connectivity index (χ1) is 14.9. The zero-order valence-corrected chi connectivity index (χ0v) is 18.0. The molecular formula is C21H23NO8S. The normalized spacial score (nSPS) is 14.6. The molecule has 1 heterocycles. The summed E-state index contributed by atoms with van der Waals surface area (Å²) in [5.74, 6) is -0.355. The van der Waals surface area contributed by atoms with Crippen molar-refractivity contribution in [1.82, 2.24) is 4.31 Å². The molecule has 0 amide bonds. The van der Waals surface area contributed by atoms with E-state index in [4.69, 9.17) is 18.9 Å². The van der Waals surface area contributed by atoms with Gasteiger partial charge in [0, 0.05) is 19.2 Å². The molecule has 166 valence electrons. The van der Waals surface area contributed by atoms with Gasteiger partial charge in [-0.2, -0.15) is 4.31 Å². The van der Waals surface area contributed by atoms with Crippen LogP contribution in [0.5, 0.6) is 11.5 Å². The van der Waals surface area contributed by atoms with E-state index in [2.05, 4.69) is 0 Å². The maximum absolute atomic E-state index is 12.6. The summed E-state index contributed by atoms with van der Waals surface area (Å²) in [7, 11) is -0.740. The standard InChI is InChI=1S/C21H23NO8S/c1-27-16-5-8-18(20(13-16)28-2)19(23)14-30-21(24)15-3-6-17(7-4-15)31(25,26)22-9-11-29-12-10-22/h3-8,13H,9-12,14H2,1-2H3. The average Bonchev–Trinajstić information content (AvgIpc) is 2.82. The number of hydrogen-bond donors (Lipinski definition) is 0. The van der Waals surface area contributed by atoms with E-state index >= 15 is 0 Å². The van der Waals surface area contributed by atoms with E-state index in [9.17, 15) is 18.0 Å². The summed E-state index contributed by atoms with van der Waals surface area (Å²) in [4.78, 5) is 24.8. The number of nitrogens with zero attached hydrogens (tertiary/aromatic N) is 1. The molecule has 1 fully saturated rings. The Hall–Kier alpha value is -2.95. The Kier molecular flexibility index (Phi) is 7.26. The molecule has 0 radical (unpaired) electrons. The Morgan fingerprint density at radius 3 is 2.29 bits per heavy atom. The fourth-order valence-corrected chi connectivity index (χ4v) is 4.43. The van der Waals surface area contributed by atoms with Crippen molar-refractivity contribution < 1.29 is 37.0 Å². The van der Waals surface area contributed by atoms with Crippen molar-refractivity contribution in [2.24, 2.45) is 0 Å². The van der Waals surface area contributed by atoms with Gasteiger partial charge < -0.3 is 18.9 Å². The molecule has 0 spiro atoms. The van der Waals surface area contributed by atoms with Crippen LogP contribution in [0.4, 0.5) is 0 Å². The van der Waals surface area contributed by atoms with Gasteiger partial charge in [0.25, 0.3) is 0 Å². The number of ether oxygens (including phenoxy) is 4. The first-order valence-electron chi connectivity index (χ1n) is 9.47. The Bertz CT molecular complexity index is 1040. The Balaban J connectivity index is 1.64. The minimum atomic E-state index is -3.66. The van der Waals surface area contributed by atoms with Gasteiger partial charge >= 0.3 is 5.97 Å². The van der Waals surface area contributed by atoms with Crippen LogP contribution >= 0.6 is 0 Å². The minimum Gasteiger partial charge on any atom is -0.497 e. The number of morpholine rings is 1. The Labute approximate surface area is 180 Å². The fraction of sp³-hybridized carbons (Fsp3) is 0.333. The number of carbonyl (C=O) groups excluding carboxylic acids is 2. The molecule has 3 rings (SSSR count). The minimum absolute atomic E-state index is 0.0741. The van der Waals surface area contributed by atoms with Crippen molar-refractivity contribution >= 4 is 21.8 Å². The zero-order chi connectivity index (χ0) is 22.4. The molecule has 0 saturated carbocycles. The van der Waals surface area contributed by atoms with E-state index in [0.717, 1.165) is 0 Å². The first kappa shape index (κ1) is 22.7. The van der Waals surface area contributed by atoms with Crippen molar-refractivity contribution in [3.05, 3.63) is 53.6 Å². The van der Waals surface area contributed by atoms with Crippen LogP contribution in [0.1, 0.15) is 20.7 Å². The summed E-state index contributed by atoms with van der Waals surface area (Å²) < 4.78 is 47.2. The van der Waals surface area contributed by atoms with Crippen LogP contribution in [0.2, 0.25) is 0 Å². The van der Waals surface area contributed by atoms with Crippen LogP contribution in [0.3, 0.4) is 0 Å². The third-order valence-corrected chi connectivity index (χ3v) is 6.65. The Morgan fingerprint density at radius 2 is 1.68 bits per heavy atom. The molecule has 0 aliphatic carbocycles. The third kappa shape index (κ3) is 5.22. The summed E-state index contributed by atoms with van der Waals surface area (Å²) in [6, 6.07) is 10.1. The highest BCUT2D eigenvalue weighted by molar-refractivity contribution is 7.89. The number of Topliss-reactive ketones (excluding diaryl/α,β-unsaturated/α-hetero) is 1. The van der Waals surface area contributed by atoms with Gasteiger partial charge in [-0.25, -0.2) is 13.2 Å². The van der Waals surface area contributed by atoms with Gasteiger partial charge in [-0.3, -0.25) is 4.79 Å². The average molecular weight is 449 g/mol. The summed E-state index contributed by atoms with van der Waals surface area (Å²) in [6.07, 6.45) is 0. The molecular weight excluding hydrogens is 426 g/mol. The van der Waals surface area contributed by atoms with Gasteiger partial charge in [0.05, 0.1) is 43.5 Å². The molecule has 9 nitrogen and oxygen atoms in total. The molecule has 1 aliphatic rings. The van der Waals surface area contributed by atoms with Gasteiger partial charge in [0.2, 0.25) is 15.8 Å². The largest absolute Gasteiger partial charge is 0.497 e. The second-order valence-electron chi connectivity index (χ2n) is 6.61. The van der Waals surface area contributed by atoms with E-state index in [1.165, 1.54) is 48.9 Å². The second kappa shape index (κ2) is 9.90. The predicted octanol–water partition coefficient (Wildman–Crippen LogP) is 1.76. The number of benzene rings is 2. The summed E-state index contributed by atoms with van der Waals surface area (Å²) in [5.41, 5.74) is 0.387. The fourth-order valence-electron chi connectivity index (χ4n) is 3.02. The first-order valence-corrected chi connectivity index (χ1v) is 10.9. The Morgan fingerprint density at radius 1 is 1.00 bits per heavy atom. The van der Waals surface area contributed by atoms with Crippen LogP contribution in [-0.4, -0.2) is 71.6 Å². The van der Waals surface area contributed by atoms with Crippen molar-refractivity contribution in [3.8, 4) is 11.5 Å². The van der Waals surface area contributed by atoms with Gasteiger partial charge in [-0.15, -0.1) is 0 Å². The monoisotopic (exact) mass is 449 g/mol. The zero-order valence-electron chi connectivity index (χ0n) is 17.2.